The number of carboxylic acid groups (broad SMARTS) is 1. The van der Waals surface area contributed by atoms with E-state index < -0.39 is 5.97 Å². The molecule has 2 rings (SSSR count). The van der Waals surface area contributed by atoms with Crippen LogP contribution in [0.15, 0.2) is 11.6 Å². The molecule has 2 heterocycles. The molecule has 1 N–H and O–H groups in total. The highest BCUT2D eigenvalue weighted by molar-refractivity contribution is 5.85. The first kappa shape index (κ1) is 12.6. The summed E-state index contributed by atoms with van der Waals surface area (Å²) in [4.78, 5) is 15.7. The summed E-state index contributed by atoms with van der Waals surface area (Å²) in [6, 6.07) is 1.23. The van der Waals surface area contributed by atoms with Gasteiger partial charge in [0.05, 0.1) is 0 Å². The van der Waals surface area contributed by atoms with Crippen molar-refractivity contribution in [3.8, 4) is 0 Å². The second-order valence-corrected chi connectivity index (χ2v) is 5.29. The number of hydrogen-bond acceptors (Lipinski definition) is 3. The molecule has 2 aliphatic heterocycles. The molecule has 0 aromatic carbocycles. The van der Waals surface area contributed by atoms with E-state index in [1.807, 2.05) is 6.08 Å². The van der Waals surface area contributed by atoms with Gasteiger partial charge < -0.3 is 5.11 Å². The standard InChI is InChI=1S/C13H22N2O2/c1-10(13(16)17)5-7-14-9-12-4-3-6-15(12)8-11(14)2/h5,11-12H,3-4,6-9H2,1-2H3,(H,16,17). The van der Waals surface area contributed by atoms with E-state index in [1.165, 1.54) is 19.4 Å². The van der Waals surface area contributed by atoms with Crippen LogP contribution in [0.1, 0.15) is 26.7 Å². The van der Waals surface area contributed by atoms with Crippen molar-refractivity contribution in [1.82, 2.24) is 9.80 Å². The van der Waals surface area contributed by atoms with Gasteiger partial charge in [0, 0.05) is 37.3 Å². The molecule has 0 aliphatic carbocycles. The first-order valence-corrected chi connectivity index (χ1v) is 6.46. The van der Waals surface area contributed by atoms with Crippen LogP contribution < -0.4 is 0 Å². The maximum Gasteiger partial charge on any atom is 0.330 e. The number of aliphatic carboxylic acids is 1. The molecule has 96 valence electrons. The Morgan fingerprint density at radius 3 is 2.94 bits per heavy atom. The first-order valence-electron chi connectivity index (χ1n) is 6.46. The summed E-state index contributed by atoms with van der Waals surface area (Å²) in [5.74, 6) is -0.808. The SMILES string of the molecule is CC(=CCN1CC2CCCN2CC1C)C(=O)O. The normalized spacial score (nSPS) is 31.5. The Balaban J connectivity index is 1.92. The largest absolute Gasteiger partial charge is 0.478 e. The summed E-state index contributed by atoms with van der Waals surface area (Å²) in [5.41, 5.74) is 0.450. The van der Waals surface area contributed by atoms with Gasteiger partial charge in [-0.05, 0) is 33.2 Å². The Morgan fingerprint density at radius 2 is 2.24 bits per heavy atom. The van der Waals surface area contributed by atoms with E-state index >= 15 is 0 Å². The molecule has 2 unspecified atom stereocenters. The van der Waals surface area contributed by atoms with Crippen molar-refractivity contribution < 1.29 is 9.90 Å². The molecule has 0 saturated carbocycles. The summed E-state index contributed by atoms with van der Waals surface area (Å²) in [6.45, 7) is 8.13. The summed E-state index contributed by atoms with van der Waals surface area (Å²) in [5, 5.41) is 8.83. The Kier molecular flexibility index (Phi) is 3.84. The highest BCUT2D eigenvalue weighted by Crippen LogP contribution is 2.24. The Labute approximate surface area is 103 Å². The second-order valence-electron chi connectivity index (χ2n) is 5.29. The van der Waals surface area contributed by atoms with E-state index in [4.69, 9.17) is 5.11 Å². The van der Waals surface area contributed by atoms with E-state index in [0.29, 0.717) is 17.7 Å². The van der Waals surface area contributed by atoms with Crippen molar-refractivity contribution >= 4 is 5.97 Å². The van der Waals surface area contributed by atoms with Crippen molar-refractivity contribution in [2.45, 2.75) is 38.8 Å². The third-order valence-corrected chi connectivity index (χ3v) is 4.04. The van der Waals surface area contributed by atoms with Crippen LogP contribution in [0.4, 0.5) is 0 Å². The fourth-order valence-electron chi connectivity index (χ4n) is 2.84. The average molecular weight is 238 g/mol. The van der Waals surface area contributed by atoms with Crippen molar-refractivity contribution in [2.24, 2.45) is 0 Å². The van der Waals surface area contributed by atoms with E-state index in [1.54, 1.807) is 6.92 Å². The van der Waals surface area contributed by atoms with E-state index in [2.05, 4.69) is 16.7 Å². The quantitative estimate of drug-likeness (QED) is 0.750. The molecule has 4 nitrogen and oxygen atoms in total. The topological polar surface area (TPSA) is 43.8 Å². The molecule has 2 atom stereocenters. The minimum absolute atomic E-state index is 0.450. The average Bonchev–Trinajstić information content (AvgIpc) is 2.72. The predicted molar refractivity (Wildman–Crippen MR) is 67.0 cm³/mol. The second kappa shape index (κ2) is 5.19. The van der Waals surface area contributed by atoms with E-state index in [9.17, 15) is 4.79 Å². The lowest BCUT2D eigenvalue weighted by atomic mass is 10.1. The number of hydrogen-bond donors (Lipinski definition) is 1. The van der Waals surface area contributed by atoms with E-state index in [-0.39, 0.29) is 0 Å². The van der Waals surface area contributed by atoms with Crippen LogP contribution in [0, 0.1) is 0 Å². The van der Waals surface area contributed by atoms with Gasteiger partial charge in [0.25, 0.3) is 0 Å². The zero-order valence-corrected chi connectivity index (χ0v) is 10.7. The monoisotopic (exact) mass is 238 g/mol. The van der Waals surface area contributed by atoms with Crippen LogP contribution in [-0.4, -0.2) is 59.1 Å². The van der Waals surface area contributed by atoms with Gasteiger partial charge in [-0.3, -0.25) is 9.80 Å². The van der Waals surface area contributed by atoms with Gasteiger partial charge in [-0.1, -0.05) is 6.08 Å². The molecule has 0 aromatic heterocycles. The number of rotatable bonds is 3. The summed E-state index contributed by atoms with van der Waals surface area (Å²) >= 11 is 0. The van der Waals surface area contributed by atoms with Gasteiger partial charge in [0.1, 0.15) is 0 Å². The number of carbonyl (C=O) groups is 1. The van der Waals surface area contributed by atoms with Gasteiger partial charge >= 0.3 is 5.97 Å². The lowest BCUT2D eigenvalue weighted by Gasteiger charge is -2.41. The molecule has 0 amide bonds. The fourth-order valence-corrected chi connectivity index (χ4v) is 2.84. The van der Waals surface area contributed by atoms with Gasteiger partial charge in [-0.2, -0.15) is 0 Å². The third kappa shape index (κ3) is 2.87. The summed E-state index contributed by atoms with van der Waals surface area (Å²) in [6.07, 6.45) is 4.45. The lowest BCUT2D eigenvalue weighted by molar-refractivity contribution is -0.132. The molecule has 2 saturated heterocycles. The van der Waals surface area contributed by atoms with Gasteiger partial charge in [-0.25, -0.2) is 4.79 Å². The molecule has 0 aromatic rings. The minimum atomic E-state index is -0.808. The number of piperazine rings is 1. The van der Waals surface area contributed by atoms with Gasteiger partial charge in [0.15, 0.2) is 0 Å². The number of fused-ring (bicyclic) bond motifs is 1. The van der Waals surface area contributed by atoms with Crippen molar-refractivity contribution in [1.29, 1.82) is 0 Å². The molecule has 0 bridgehead atoms. The Morgan fingerprint density at radius 1 is 1.47 bits per heavy atom. The van der Waals surface area contributed by atoms with Crippen LogP contribution in [0.2, 0.25) is 0 Å². The molecule has 0 radical (unpaired) electrons. The van der Waals surface area contributed by atoms with Crippen LogP contribution >= 0.6 is 0 Å². The fraction of sp³-hybridized carbons (Fsp3) is 0.769. The van der Waals surface area contributed by atoms with Crippen LogP contribution in [0.3, 0.4) is 0 Å². The van der Waals surface area contributed by atoms with Crippen molar-refractivity contribution in [2.75, 3.05) is 26.2 Å². The minimum Gasteiger partial charge on any atom is -0.478 e. The molecule has 0 spiro atoms. The van der Waals surface area contributed by atoms with Crippen molar-refractivity contribution in [3.05, 3.63) is 11.6 Å². The maximum absolute atomic E-state index is 10.7. The zero-order chi connectivity index (χ0) is 12.4. The molecule has 2 fully saturated rings. The molecular weight excluding hydrogens is 216 g/mol. The van der Waals surface area contributed by atoms with Crippen LogP contribution in [0.25, 0.3) is 0 Å². The first-order chi connectivity index (χ1) is 8.08. The molecular formula is C13H22N2O2. The van der Waals surface area contributed by atoms with Gasteiger partial charge in [-0.15, -0.1) is 0 Å². The summed E-state index contributed by atoms with van der Waals surface area (Å²) < 4.78 is 0. The van der Waals surface area contributed by atoms with Crippen LogP contribution in [0.5, 0.6) is 0 Å². The smallest absolute Gasteiger partial charge is 0.330 e. The van der Waals surface area contributed by atoms with E-state index in [0.717, 1.165) is 19.6 Å². The zero-order valence-electron chi connectivity index (χ0n) is 10.7. The third-order valence-electron chi connectivity index (χ3n) is 4.04. The highest BCUT2D eigenvalue weighted by Gasteiger charge is 2.33. The number of nitrogens with zero attached hydrogens (tertiary/aromatic N) is 2. The number of carboxylic acids is 1. The Bertz CT molecular complexity index is 327. The summed E-state index contributed by atoms with van der Waals surface area (Å²) in [7, 11) is 0. The molecule has 4 heteroatoms. The predicted octanol–water partition coefficient (Wildman–Crippen LogP) is 1.19. The highest BCUT2D eigenvalue weighted by atomic mass is 16.4. The molecule has 2 aliphatic rings. The van der Waals surface area contributed by atoms with Crippen LogP contribution in [-0.2, 0) is 4.79 Å². The maximum atomic E-state index is 10.7. The van der Waals surface area contributed by atoms with Gasteiger partial charge in [0.2, 0.25) is 0 Å². The lowest BCUT2D eigenvalue weighted by Crippen LogP contribution is -2.54. The van der Waals surface area contributed by atoms with Crippen molar-refractivity contribution in [3.63, 3.8) is 0 Å². The Hall–Kier alpha value is -0.870. The molecule has 17 heavy (non-hydrogen) atoms.